The maximum absolute atomic E-state index is 11.6. The van der Waals surface area contributed by atoms with E-state index in [1.165, 1.54) is 0 Å². The number of Topliss-reactive ketones (excluding diaryl/α,β-unsaturated/α-hetero) is 1. The quantitative estimate of drug-likeness (QED) is 0.736. The minimum atomic E-state index is -0.235. The van der Waals surface area contributed by atoms with Crippen molar-refractivity contribution < 1.29 is 4.79 Å². The van der Waals surface area contributed by atoms with Gasteiger partial charge in [0.2, 0.25) is 0 Å². The van der Waals surface area contributed by atoms with Crippen molar-refractivity contribution in [3.8, 4) is 0 Å². The summed E-state index contributed by atoms with van der Waals surface area (Å²) in [5, 5.41) is 0. The summed E-state index contributed by atoms with van der Waals surface area (Å²) >= 11 is 0. The van der Waals surface area contributed by atoms with Gasteiger partial charge in [0.15, 0.2) is 0 Å². The summed E-state index contributed by atoms with van der Waals surface area (Å²) in [6, 6.07) is 10.0. The molecular weight excluding hydrogens is 208 g/mol. The highest BCUT2D eigenvalue weighted by Crippen LogP contribution is 2.17. The van der Waals surface area contributed by atoms with Gasteiger partial charge < -0.3 is 0 Å². The first-order valence-corrected chi connectivity index (χ1v) is 6.25. The molecule has 1 nitrogen and oxygen atoms in total. The minimum Gasteiger partial charge on any atom is -0.299 e. The summed E-state index contributed by atoms with van der Waals surface area (Å²) in [6.45, 7) is 9.85. The van der Waals surface area contributed by atoms with E-state index in [1.807, 2.05) is 77.1 Å². The van der Waals surface area contributed by atoms with Crippen LogP contribution in [0.5, 0.6) is 0 Å². The molecule has 0 atom stereocenters. The monoisotopic (exact) mass is 232 g/mol. The zero-order chi connectivity index (χ0) is 13.3. The van der Waals surface area contributed by atoms with Crippen LogP contribution in [-0.2, 0) is 4.79 Å². The van der Waals surface area contributed by atoms with E-state index in [4.69, 9.17) is 0 Å². The van der Waals surface area contributed by atoms with E-state index in [0.29, 0.717) is 6.42 Å². The molecule has 1 aromatic carbocycles. The van der Waals surface area contributed by atoms with Crippen LogP contribution in [-0.4, -0.2) is 5.78 Å². The Morgan fingerprint density at radius 2 is 1.65 bits per heavy atom. The lowest BCUT2D eigenvalue weighted by molar-refractivity contribution is -0.125. The second-order valence-corrected chi connectivity index (χ2v) is 4.69. The molecule has 0 radical (unpaired) electrons. The van der Waals surface area contributed by atoms with Crippen LogP contribution in [0.3, 0.4) is 0 Å². The van der Waals surface area contributed by atoms with Gasteiger partial charge >= 0.3 is 0 Å². The second-order valence-electron chi connectivity index (χ2n) is 4.69. The lowest BCUT2D eigenvalue weighted by Gasteiger charge is -2.14. The van der Waals surface area contributed by atoms with Crippen molar-refractivity contribution >= 4 is 11.9 Å². The van der Waals surface area contributed by atoms with Gasteiger partial charge in [0.1, 0.15) is 5.78 Å². The molecule has 1 aromatic rings. The van der Waals surface area contributed by atoms with Crippen molar-refractivity contribution in [2.24, 2.45) is 5.41 Å². The maximum atomic E-state index is 11.6. The fraction of sp³-hybridized carbons (Fsp3) is 0.438. The van der Waals surface area contributed by atoms with Gasteiger partial charge in [-0.25, -0.2) is 0 Å². The Hall–Kier alpha value is -1.37. The lowest BCUT2D eigenvalue weighted by Crippen LogP contribution is -2.18. The lowest BCUT2D eigenvalue weighted by atomic mass is 9.89. The number of hydrogen-bond donors (Lipinski definition) is 0. The van der Waals surface area contributed by atoms with Crippen molar-refractivity contribution in [1.82, 2.24) is 0 Å². The van der Waals surface area contributed by atoms with E-state index in [0.717, 1.165) is 5.56 Å². The number of allylic oxidation sites excluding steroid dienone is 1. The average molecular weight is 232 g/mol. The number of rotatable bonds is 3. The van der Waals surface area contributed by atoms with Crippen LogP contribution in [0.15, 0.2) is 36.4 Å². The highest BCUT2D eigenvalue weighted by Gasteiger charge is 2.18. The average Bonchev–Trinajstić information content (AvgIpc) is 2.32. The van der Waals surface area contributed by atoms with E-state index >= 15 is 0 Å². The van der Waals surface area contributed by atoms with E-state index < -0.39 is 0 Å². The summed E-state index contributed by atoms with van der Waals surface area (Å²) in [5.74, 6) is 0.273. The summed E-state index contributed by atoms with van der Waals surface area (Å²) in [5.41, 5.74) is 0.903. The molecule has 0 heterocycles. The SMILES string of the molecule is CC.CC(C)(C)C(=O)C/C=C/c1ccccc1. The molecule has 0 unspecified atom stereocenters. The van der Waals surface area contributed by atoms with Gasteiger partial charge in [0.05, 0.1) is 0 Å². The molecule has 0 N–H and O–H groups in total. The Bertz CT molecular complexity index is 342. The Morgan fingerprint density at radius 1 is 1.12 bits per heavy atom. The van der Waals surface area contributed by atoms with Crippen molar-refractivity contribution in [2.45, 2.75) is 41.0 Å². The molecule has 94 valence electrons. The molecule has 0 aliphatic heterocycles. The first kappa shape index (κ1) is 15.6. The highest BCUT2D eigenvalue weighted by atomic mass is 16.1. The van der Waals surface area contributed by atoms with Crippen LogP contribution in [0.4, 0.5) is 0 Å². The minimum absolute atomic E-state index is 0.235. The molecule has 0 spiro atoms. The number of benzene rings is 1. The van der Waals surface area contributed by atoms with Crippen molar-refractivity contribution in [1.29, 1.82) is 0 Å². The molecular formula is C16H24O. The molecule has 17 heavy (non-hydrogen) atoms. The van der Waals surface area contributed by atoms with E-state index in [1.54, 1.807) is 0 Å². The molecule has 0 saturated carbocycles. The smallest absolute Gasteiger partial charge is 0.141 e. The molecule has 1 rings (SSSR count). The summed E-state index contributed by atoms with van der Waals surface area (Å²) in [7, 11) is 0. The largest absolute Gasteiger partial charge is 0.299 e. The Morgan fingerprint density at radius 3 is 2.12 bits per heavy atom. The summed E-state index contributed by atoms with van der Waals surface area (Å²) < 4.78 is 0. The van der Waals surface area contributed by atoms with Crippen molar-refractivity contribution in [3.63, 3.8) is 0 Å². The number of carbonyl (C=O) groups excluding carboxylic acids is 1. The van der Waals surface area contributed by atoms with E-state index in [9.17, 15) is 4.79 Å². The third-order valence-corrected chi connectivity index (χ3v) is 2.25. The molecule has 0 aliphatic rings. The Balaban J connectivity index is 0.00000121. The van der Waals surface area contributed by atoms with Gasteiger partial charge in [0, 0.05) is 11.8 Å². The van der Waals surface area contributed by atoms with Crippen molar-refractivity contribution in [3.05, 3.63) is 42.0 Å². The molecule has 0 aromatic heterocycles. The molecule has 0 saturated heterocycles. The maximum Gasteiger partial charge on any atom is 0.141 e. The Kier molecular flexibility index (Phi) is 7.20. The van der Waals surface area contributed by atoms with E-state index in [2.05, 4.69) is 0 Å². The van der Waals surface area contributed by atoms with Gasteiger partial charge in [-0.1, -0.05) is 77.1 Å². The normalized spacial score (nSPS) is 10.9. The zero-order valence-corrected chi connectivity index (χ0v) is 11.7. The Labute approximate surface area is 106 Å². The predicted octanol–water partition coefficient (Wildman–Crippen LogP) is 4.73. The fourth-order valence-electron chi connectivity index (χ4n) is 1.17. The van der Waals surface area contributed by atoms with Crippen molar-refractivity contribution in [2.75, 3.05) is 0 Å². The van der Waals surface area contributed by atoms with E-state index in [-0.39, 0.29) is 11.2 Å². The topological polar surface area (TPSA) is 17.1 Å². The third-order valence-electron chi connectivity index (χ3n) is 2.25. The number of hydrogen-bond acceptors (Lipinski definition) is 1. The summed E-state index contributed by atoms with van der Waals surface area (Å²) in [4.78, 5) is 11.6. The van der Waals surface area contributed by atoms with Crippen LogP contribution >= 0.6 is 0 Å². The van der Waals surface area contributed by atoms with Crippen LogP contribution in [0.1, 0.15) is 46.6 Å². The van der Waals surface area contributed by atoms with Gasteiger partial charge in [-0.05, 0) is 5.56 Å². The predicted molar refractivity (Wildman–Crippen MR) is 75.9 cm³/mol. The molecule has 0 bridgehead atoms. The number of carbonyl (C=O) groups is 1. The highest BCUT2D eigenvalue weighted by molar-refractivity contribution is 5.85. The van der Waals surface area contributed by atoms with Crippen LogP contribution in [0.25, 0.3) is 6.08 Å². The molecule has 0 aliphatic carbocycles. The molecule has 0 amide bonds. The number of ketones is 1. The van der Waals surface area contributed by atoms with Gasteiger partial charge in [0.25, 0.3) is 0 Å². The zero-order valence-electron chi connectivity index (χ0n) is 11.7. The van der Waals surface area contributed by atoms with Gasteiger partial charge in [-0.15, -0.1) is 0 Å². The standard InChI is InChI=1S/C14H18O.C2H6/c1-14(2,3)13(15)11-7-10-12-8-5-4-6-9-12;1-2/h4-10H,11H2,1-3H3;1-2H3/b10-7+;. The van der Waals surface area contributed by atoms with Crippen LogP contribution < -0.4 is 0 Å². The van der Waals surface area contributed by atoms with Gasteiger partial charge in [-0.2, -0.15) is 0 Å². The van der Waals surface area contributed by atoms with Crippen LogP contribution in [0, 0.1) is 5.41 Å². The first-order valence-electron chi connectivity index (χ1n) is 6.25. The molecule has 0 fully saturated rings. The fourth-order valence-corrected chi connectivity index (χ4v) is 1.17. The van der Waals surface area contributed by atoms with Gasteiger partial charge in [-0.3, -0.25) is 4.79 Å². The third kappa shape index (κ3) is 6.72. The second kappa shape index (κ2) is 7.83. The molecule has 1 heteroatoms. The van der Waals surface area contributed by atoms with Crippen LogP contribution in [0.2, 0.25) is 0 Å². The first-order chi connectivity index (χ1) is 8.00. The summed E-state index contributed by atoms with van der Waals surface area (Å²) in [6.07, 6.45) is 4.44.